The van der Waals surface area contributed by atoms with Gasteiger partial charge in [-0.15, -0.1) is 0 Å². The van der Waals surface area contributed by atoms with Crippen molar-refractivity contribution in [3.63, 3.8) is 0 Å². The van der Waals surface area contributed by atoms with Crippen molar-refractivity contribution in [3.8, 4) is 0 Å². The van der Waals surface area contributed by atoms with Gasteiger partial charge in [0.2, 0.25) is 0 Å². The van der Waals surface area contributed by atoms with Crippen LogP contribution < -0.4 is 5.32 Å². The molecular weight excluding hydrogens is 298 g/mol. The maximum Gasteiger partial charge on any atom is 0.0328 e. The lowest BCUT2D eigenvalue weighted by Crippen LogP contribution is -2.38. The van der Waals surface area contributed by atoms with E-state index in [4.69, 9.17) is 0 Å². The van der Waals surface area contributed by atoms with Gasteiger partial charge < -0.3 is 5.32 Å². The largest absolute Gasteiger partial charge is 0.307 e. The Balaban J connectivity index is 1.69. The number of benzene rings is 1. The summed E-state index contributed by atoms with van der Waals surface area (Å²) in [6.45, 7) is 4.81. The molecule has 0 aromatic heterocycles. The van der Waals surface area contributed by atoms with Gasteiger partial charge in [0.15, 0.2) is 0 Å². The predicted octanol–water partition coefficient (Wildman–Crippen LogP) is 4.85. The molecule has 1 N–H and O–H groups in total. The fourth-order valence-electron chi connectivity index (χ4n) is 4.13. The van der Waals surface area contributed by atoms with Crippen LogP contribution in [0, 0.1) is 11.8 Å². The third kappa shape index (κ3) is 3.05. The molecule has 1 fully saturated rings. The summed E-state index contributed by atoms with van der Waals surface area (Å²) in [5.41, 5.74) is 3.07. The third-order valence-electron chi connectivity index (χ3n) is 4.80. The number of nitrogens with one attached hydrogen (secondary N) is 1. The fourth-order valence-corrected chi connectivity index (χ4v) is 4.54. The molecule has 0 spiro atoms. The van der Waals surface area contributed by atoms with Crippen molar-refractivity contribution in [1.29, 1.82) is 0 Å². The van der Waals surface area contributed by atoms with E-state index in [0.717, 1.165) is 17.9 Å². The summed E-state index contributed by atoms with van der Waals surface area (Å²) in [4.78, 5) is 0. The van der Waals surface area contributed by atoms with Crippen LogP contribution in [0.25, 0.3) is 0 Å². The van der Waals surface area contributed by atoms with Crippen molar-refractivity contribution in [2.24, 2.45) is 11.8 Å². The van der Waals surface area contributed by atoms with Crippen molar-refractivity contribution < 1.29 is 0 Å². The van der Waals surface area contributed by atoms with Crippen LogP contribution in [-0.4, -0.2) is 6.04 Å². The zero-order chi connectivity index (χ0) is 13.4. The number of hydrogen-bond acceptors (Lipinski definition) is 1. The fraction of sp³-hybridized carbons (Fsp3) is 0.647. The van der Waals surface area contributed by atoms with E-state index in [1.165, 1.54) is 47.7 Å². The minimum atomic E-state index is 0.589. The van der Waals surface area contributed by atoms with Crippen LogP contribution in [0.4, 0.5) is 0 Å². The van der Waals surface area contributed by atoms with Gasteiger partial charge in [-0.25, -0.2) is 0 Å². The molecule has 0 bridgehead atoms. The SMILES string of the molecule is CC1CC(C)CC(NC2CCc3cc(Br)ccc32)C1. The van der Waals surface area contributed by atoms with Crippen LogP contribution in [0.3, 0.4) is 0 Å². The molecular formula is C17H24BrN. The van der Waals surface area contributed by atoms with Gasteiger partial charge >= 0.3 is 0 Å². The van der Waals surface area contributed by atoms with Gasteiger partial charge in [0.25, 0.3) is 0 Å². The van der Waals surface area contributed by atoms with Crippen molar-refractivity contribution >= 4 is 15.9 Å². The summed E-state index contributed by atoms with van der Waals surface area (Å²) in [7, 11) is 0. The van der Waals surface area contributed by atoms with E-state index in [-0.39, 0.29) is 0 Å². The maximum absolute atomic E-state index is 3.94. The topological polar surface area (TPSA) is 12.0 Å². The molecule has 1 aromatic carbocycles. The molecule has 0 radical (unpaired) electrons. The predicted molar refractivity (Wildman–Crippen MR) is 84.3 cm³/mol. The zero-order valence-electron chi connectivity index (χ0n) is 12.0. The van der Waals surface area contributed by atoms with Crippen molar-refractivity contribution in [2.45, 2.75) is 58.0 Å². The molecule has 19 heavy (non-hydrogen) atoms. The minimum Gasteiger partial charge on any atom is -0.307 e. The summed E-state index contributed by atoms with van der Waals surface area (Å²) >= 11 is 3.58. The number of rotatable bonds is 2. The normalized spacial score (nSPS) is 34.3. The molecule has 0 saturated heterocycles. The van der Waals surface area contributed by atoms with E-state index < -0.39 is 0 Å². The molecule has 3 atom stereocenters. The highest BCUT2D eigenvalue weighted by atomic mass is 79.9. The highest BCUT2D eigenvalue weighted by Gasteiger charge is 2.29. The van der Waals surface area contributed by atoms with Gasteiger partial charge in [0, 0.05) is 16.6 Å². The van der Waals surface area contributed by atoms with Crippen molar-refractivity contribution in [3.05, 3.63) is 33.8 Å². The molecule has 0 heterocycles. The lowest BCUT2D eigenvalue weighted by molar-refractivity contribution is 0.225. The molecule has 0 amide bonds. The highest BCUT2D eigenvalue weighted by Crippen LogP contribution is 2.36. The quantitative estimate of drug-likeness (QED) is 0.821. The van der Waals surface area contributed by atoms with Gasteiger partial charge in [0.1, 0.15) is 0 Å². The van der Waals surface area contributed by atoms with Gasteiger partial charge in [-0.2, -0.15) is 0 Å². The molecule has 2 aliphatic rings. The molecule has 3 unspecified atom stereocenters. The average molecular weight is 322 g/mol. The first-order valence-corrected chi connectivity index (χ1v) is 8.45. The average Bonchev–Trinajstić information content (AvgIpc) is 2.70. The first-order valence-electron chi connectivity index (χ1n) is 7.66. The molecule has 2 aliphatic carbocycles. The Morgan fingerprint density at radius 1 is 1.11 bits per heavy atom. The van der Waals surface area contributed by atoms with Crippen LogP contribution in [-0.2, 0) is 6.42 Å². The van der Waals surface area contributed by atoms with Crippen LogP contribution in [0.15, 0.2) is 22.7 Å². The van der Waals surface area contributed by atoms with Gasteiger partial charge in [-0.1, -0.05) is 35.8 Å². The first kappa shape index (κ1) is 13.6. The molecule has 1 saturated carbocycles. The summed E-state index contributed by atoms with van der Waals surface area (Å²) in [6.07, 6.45) is 6.61. The summed E-state index contributed by atoms with van der Waals surface area (Å²) in [6, 6.07) is 8.09. The lowest BCUT2D eigenvalue weighted by Gasteiger charge is -2.34. The van der Waals surface area contributed by atoms with Crippen LogP contribution in [0.5, 0.6) is 0 Å². The smallest absolute Gasteiger partial charge is 0.0328 e. The molecule has 0 aliphatic heterocycles. The minimum absolute atomic E-state index is 0.589. The highest BCUT2D eigenvalue weighted by molar-refractivity contribution is 9.10. The summed E-state index contributed by atoms with van der Waals surface area (Å²) < 4.78 is 1.21. The molecule has 2 heteroatoms. The molecule has 1 aromatic rings. The Hall–Kier alpha value is -0.340. The van der Waals surface area contributed by atoms with E-state index in [1.54, 1.807) is 0 Å². The van der Waals surface area contributed by atoms with Crippen LogP contribution in [0.2, 0.25) is 0 Å². The number of aryl methyl sites for hydroxylation is 1. The molecule has 1 nitrogen and oxygen atoms in total. The zero-order valence-corrected chi connectivity index (χ0v) is 13.5. The third-order valence-corrected chi connectivity index (χ3v) is 5.29. The maximum atomic E-state index is 3.94. The van der Waals surface area contributed by atoms with Crippen LogP contribution >= 0.6 is 15.9 Å². The van der Waals surface area contributed by atoms with Gasteiger partial charge in [-0.3, -0.25) is 0 Å². The molecule has 3 rings (SSSR count). The van der Waals surface area contributed by atoms with E-state index in [1.807, 2.05) is 0 Å². The second-order valence-corrected chi connectivity index (χ2v) is 7.63. The van der Waals surface area contributed by atoms with E-state index in [0.29, 0.717) is 6.04 Å². The summed E-state index contributed by atoms with van der Waals surface area (Å²) in [5, 5.41) is 3.94. The summed E-state index contributed by atoms with van der Waals surface area (Å²) in [5.74, 6) is 1.76. The van der Waals surface area contributed by atoms with Crippen LogP contribution in [0.1, 0.15) is 56.7 Å². The Bertz CT molecular complexity index is 447. The van der Waals surface area contributed by atoms with E-state index in [9.17, 15) is 0 Å². The number of halogens is 1. The van der Waals surface area contributed by atoms with Crippen molar-refractivity contribution in [1.82, 2.24) is 5.32 Å². The number of fused-ring (bicyclic) bond motifs is 1. The molecule has 104 valence electrons. The monoisotopic (exact) mass is 321 g/mol. The number of hydrogen-bond donors (Lipinski definition) is 1. The Morgan fingerprint density at radius 2 is 1.84 bits per heavy atom. The second-order valence-electron chi connectivity index (χ2n) is 6.72. The first-order chi connectivity index (χ1) is 9.11. The standard InChI is InChI=1S/C17H24BrN/c1-11-7-12(2)9-15(8-11)19-17-6-3-13-10-14(18)4-5-16(13)17/h4-5,10-12,15,17,19H,3,6-9H2,1-2H3. The van der Waals surface area contributed by atoms with E-state index >= 15 is 0 Å². The Kier molecular flexibility index (Phi) is 4.00. The van der Waals surface area contributed by atoms with E-state index in [2.05, 4.69) is 53.3 Å². The Labute approximate surface area is 125 Å². The Morgan fingerprint density at radius 3 is 2.58 bits per heavy atom. The second kappa shape index (κ2) is 5.57. The lowest BCUT2D eigenvalue weighted by atomic mass is 9.80. The van der Waals surface area contributed by atoms with Crippen molar-refractivity contribution in [2.75, 3.05) is 0 Å². The van der Waals surface area contributed by atoms with Gasteiger partial charge in [-0.05, 0) is 67.2 Å². The van der Waals surface area contributed by atoms with Gasteiger partial charge in [0.05, 0.1) is 0 Å².